The average molecular weight is 351 g/mol. The highest BCUT2D eigenvalue weighted by atomic mass is 16.2. The Hall–Kier alpha value is -2.96. The second-order valence-electron chi connectivity index (χ2n) is 6.70. The monoisotopic (exact) mass is 351 g/mol. The number of hydrogen-bond acceptors (Lipinski definition) is 5. The second-order valence-corrected chi connectivity index (χ2v) is 6.70. The van der Waals surface area contributed by atoms with Gasteiger partial charge in [-0.05, 0) is 12.8 Å². The van der Waals surface area contributed by atoms with E-state index in [2.05, 4.69) is 20.5 Å². The van der Waals surface area contributed by atoms with Crippen LogP contribution in [0.15, 0.2) is 30.3 Å². The number of aromatic nitrogens is 2. The third-order valence-electron chi connectivity index (χ3n) is 4.79. The molecule has 0 saturated carbocycles. The fraction of sp³-hybridized carbons (Fsp3) is 0.368. The molecule has 0 aliphatic carbocycles. The highest BCUT2D eigenvalue weighted by Gasteiger charge is 2.30. The Bertz CT molecular complexity index is 853. The van der Waals surface area contributed by atoms with Crippen LogP contribution in [0.4, 0.5) is 5.82 Å². The van der Waals surface area contributed by atoms with Crippen molar-refractivity contribution in [3.8, 4) is 11.4 Å². The van der Waals surface area contributed by atoms with E-state index in [0.29, 0.717) is 31.0 Å². The molecule has 0 bridgehead atoms. The maximum atomic E-state index is 12.4. The summed E-state index contributed by atoms with van der Waals surface area (Å²) in [5.74, 6) is 1.20. The van der Waals surface area contributed by atoms with E-state index in [9.17, 15) is 9.59 Å². The Balaban J connectivity index is 1.75. The Morgan fingerprint density at radius 3 is 2.85 bits per heavy atom. The Kier molecular flexibility index (Phi) is 4.28. The lowest BCUT2D eigenvalue weighted by Gasteiger charge is -2.25. The van der Waals surface area contributed by atoms with Crippen LogP contribution in [0.25, 0.3) is 11.4 Å². The van der Waals surface area contributed by atoms with Gasteiger partial charge in [0.2, 0.25) is 5.91 Å². The van der Waals surface area contributed by atoms with Gasteiger partial charge < -0.3 is 15.5 Å². The van der Waals surface area contributed by atoms with Gasteiger partial charge in [0.25, 0.3) is 5.91 Å². The topological polar surface area (TPSA) is 87.2 Å². The highest BCUT2D eigenvalue weighted by molar-refractivity contribution is 5.96. The molecule has 1 aromatic heterocycles. The molecular formula is C19H21N5O2. The Morgan fingerprint density at radius 2 is 2.08 bits per heavy atom. The zero-order valence-electron chi connectivity index (χ0n) is 14.7. The summed E-state index contributed by atoms with van der Waals surface area (Å²) in [7, 11) is 0. The summed E-state index contributed by atoms with van der Waals surface area (Å²) in [5, 5.41) is 5.84. The van der Waals surface area contributed by atoms with Crippen LogP contribution in [0, 0.1) is 0 Å². The van der Waals surface area contributed by atoms with Crippen molar-refractivity contribution < 1.29 is 9.59 Å². The maximum Gasteiger partial charge on any atom is 0.270 e. The van der Waals surface area contributed by atoms with Crippen LogP contribution in [-0.4, -0.2) is 47.5 Å². The van der Waals surface area contributed by atoms with Crippen molar-refractivity contribution in [3.63, 3.8) is 0 Å². The molecule has 1 fully saturated rings. The zero-order valence-corrected chi connectivity index (χ0v) is 14.7. The molecule has 2 aliphatic heterocycles. The minimum atomic E-state index is -0.148. The molecule has 4 rings (SSSR count). The SMILES string of the molecule is CC(=O)NC1CCN(c2nc(-c3ccccc3)nc3c2CCNC3=O)C1. The van der Waals surface area contributed by atoms with E-state index in [4.69, 9.17) is 4.98 Å². The van der Waals surface area contributed by atoms with Gasteiger partial charge in [0.05, 0.1) is 0 Å². The van der Waals surface area contributed by atoms with Crippen LogP contribution in [0.1, 0.15) is 29.4 Å². The lowest BCUT2D eigenvalue weighted by molar-refractivity contribution is -0.119. The van der Waals surface area contributed by atoms with Crippen LogP contribution in [0.5, 0.6) is 0 Å². The molecule has 1 saturated heterocycles. The zero-order chi connectivity index (χ0) is 18.1. The first-order chi connectivity index (χ1) is 12.6. The molecule has 0 spiro atoms. The number of carbonyl (C=O) groups excluding carboxylic acids is 2. The van der Waals surface area contributed by atoms with Crippen LogP contribution in [0.3, 0.4) is 0 Å². The molecule has 2 aromatic rings. The minimum Gasteiger partial charge on any atom is -0.354 e. The van der Waals surface area contributed by atoms with Gasteiger partial charge in [-0.3, -0.25) is 9.59 Å². The van der Waals surface area contributed by atoms with Gasteiger partial charge in [-0.15, -0.1) is 0 Å². The fourth-order valence-electron chi connectivity index (χ4n) is 3.61. The van der Waals surface area contributed by atoms with Crippen molar-refractivity contribution in [2.75, 3.05) is 24.5 Å². The molecule has 7 nitrogen and oxygen atoms in total. The van der Waals surface area contributed by atoms with E-state index >= 15 is 0 Å². The van der Waals surface area contributed by atoms with Gasteiger partial charge in [-0.2, -0.15) is 0 Å². The lowest BCUT2D eigenvalue weighted by atomic mass is 10.1. The standard InChI is InChI=1S/C19H21N5O2/c1-12(25)21-14-8-10-24(11-14)18-15-7-9-20-19(26)16(15)22-17(23-18)13-5-3-2-4-6-13/h2-6,14H,7-11H2,1H3,(H,20,26)(H,21,25). The number of nitrogens with zero attached hydrogens (tertiary/aromatic N) is 3. The van der Waals surface area contributed by atoms with Gasteiger partial charge >= 0.3 is 0 Å². The summed E-state index contributed by atoms with van der Waals surface area (Å²) >= 11 is 0. The number of hydrogen-bond donors (Lipinski definition) is 2. The summed E-state index contributed by atoms with van der Waals surface area (Å²) in [4.78, 5) is 35.2. The summed E-state index contributed by atoms with van der Waals surface area (Å²) in [6.07, 6.45) is 1.58. The Labute approximate surface area is 151 Å². The molecule has 2 aliphatic rings. The first-order valence-electron chi connectivity index (χ1n) is 8.88. The van der Waals surface area contributed by atoms with Gasteiger partial charge in [0.15, 0.2) is 5.82 Å². The van der Waals surface area contributed by atoms with Crippen molar-refractivity contribution >= 4 is 17.6 Å². The molecule has 26 heavy (non-hydrogen) atoms. The number of amides is 2. The normalized spacial score (nSPS) is 19.0. The molecule has 3 heterocycles. The van der Waals surface area contributed by atoms with Gasteiger partial charge in [0.1, 0.15) is 11.5 Å². The molecule has 0 radical (unpaired) electrons. The van der Waals surface area contributed by atoms with E-state index in [0.717, 1.165) is 29.9 Å². The van der Waals surface area contributed by atoms with Gasteiger partial charge in [0, 0.05) is 43.7 Å². The molecule has 7 heteroatoms. The van der Waals surface area contributed by atoms with E-state index in [1.165, 1.54) is 6.92 Å². The molecule has 1 atom stereocenters. The smallest absolute Gasteiger partial charge is 0.270 e. The van der Waals surface area contributed by atoms with E-state index in [-0.39, 0.29) is 17.9 Å². The summed E-state index contributed by atoms with van der Waals surface area (Å²) < 4.78 is 0. The predicted molar refractivity (Wildman–Crippen MR) is 97.9 cm³/mol. The number of fused-ring (bicyclic) bond motifs is 1. The number of nitrogens with one attached hydrogen (secondary N) is 2. The molecule has 134 valence electrons. The van der Waals surface area contributed by atoms with Crippen molar-refractivity contribution in [1.29, 1.82) is 0 Å². The van der Waals surface area contributed by atoms with Crippen LogP contribution in [-0.2, 0) is 11.2 Å². The average Bonchev–Trinajstić information content (AvgIpc) is 3.09. The number of carbonyl (C=O) groups is 2. The minimum absolute atomic E-state index is 0.0223. The van der Waals surface area contributed by atoms with E-state index < -0.39 is 0 Å². The van der Waals surface area contributed by atoms with Crippen molar-refractivity contribution in [3.05, 3.63) is 41.6 Å². The molecule has 1 unspecified atom stereocenters. The largest absolute Gasteiger partial charge is 0.354 e. The quantitative estimate of drug-likeness (QED) is 0.866. The summed E-state index contributed by atoms with van der Waals surface area (Å²) in [6.45, 7) is 3.62. The number of anilines is 1. The van der Waals surface area contributed by atoms with Crippen LogP contribution < -0.4 is 15.5 Å². The van der Waals surface area contributed by atoms with E-state index in [1.54, 1.807) is 0 Å². The number of benzene rings is 1. The molecule has 2 amide bonds. The van der Waals surface area contributed by atoms with Crippen LogP contribution >= 0.6 is 0 Å². The van der Waals surface area contributed by atoms with E-state index in [1.807, 2.05) is 30.3 Å². The van der Waals surface area contributed by atoms with Crippen molar-refractivity contribution in [2.24, 2.45) is 0 Å². The highest BCUT2D eigenvalue weighted by Crippen LogP contribution is 2.29. The summed E-state index contributed by atoms with van der Waals surface area (Å²) in [5.41, 5.74) is 2.24. The van der Waals surface area contributed by atoms with Crippen molar-refractivity contribution in [1.82, 2.24) is 20.6 Å². The third-order valence-corrected chi connectivity index (χ3v) is 4.79. The number of rotatable bonds is 3. The van der Waals surface area contributed by atoms with Crippen molar-refractivity contribution in [2.45, 2.75) is 25.8 Å². The van der Waals surface area contributed by atoms with Crippen LogP contribution in [0.2, 0.25) is 0 Å². The maximum absolute atomic E-state index is 12.4. The first kappa shape index (κ1) is 16.5. The molecular weight excluding hydrogens is 330 g/mol. The second kappa shape index (κ2) is 6.74. The van der Waals surface area contributed by atoms with Gasteiger partial charge in [-0.25, -0.2) is 9.97 Å². The third kappa shape index (κ3) is 3.12. The van der Waals surface area contributed by atoms with Gasteiger partial charge in [-0.1, -0.05) is 30.3 Å². The summed E-state index contributed by atoms with van der Waals surface area (Å²) in [6, 6.07) is 9.79. The lowest BCUT2D eigenvalue weighted by Crippen LogP contribution is -2.38. The first-order valence-corrected chi connectivity index (χ1v) is 8.88. The Morgan fingerprint density at radius 1 is 1.27 bits per heavy atom. The molecule has 1 aromatic carbocycles. The fourth-order valence-corrected chi connectivity index (χ4v) is 3.61. The molecule has 2 N–H and O–H groups in total. The predicted octanol–water partition coefficient (Wildman–Crippen LogP) is 1.14.